The quantitative estimate of drug-likeness (QED) is 0.814. The average Bonchev–Trinajstić information content (AvgIpc) is 2.45. The molecular weight excluding hydrogens is 282 g/mol. The van der Waals surface area contributed by atoms with Gasteiger partial charge in [-0.1, -0.05) is 57.3 Å². The van der Waals surface area contributed by atoms with Crippen molar-refractivity contribution in [2.45, 2.75) is 64.7 Å². The number of ether oxygens (including phenoxy) is 1. The number of benzene rings is 1. The van der Waals surface area contributed by atoms with Crippen molar-refractivity contribution in [1.29, 1.82) is 0 Å². The Bertz CT molecular complexity index is 431. The highest BCUT2D eigenvalue weighted by molar-refractivity contribution is 6.30. The largest absolute Gasteiger partial charge is 0.369 e. The number of hydrogen-bond acceptors (Lipinski definition) is 2. The van der Waals surface area contributed by atoms with Crippen molar-refractivity contribution in [3.63, 3.8) is 0 Å². The standard InChI is InChI=1S/C18H28ClNO/c1-14(2)20-13-18(10-4-5-15(3)11-18)21-12-16-6-8-17(19)9-7-16/h6-9,14-15,20H,4-5,10-13H2,1-3H3. The fraction of sp³-hybridized carbons (Fsp3) is 0.667. The minimum Gasteiger partial charge on any atom is -0.369 e. The van der Waals surface area contributed by atoms with Gasteiger partial charge in [0, 0.05) is 17.6 Å². The second-order valence-corrected chi connectivity index (χ2v) is 7.27. The lowest BCUT2D eigenvalue weighted by Gasteiger charge is -2.40. The highest BCUT2D eigenvalue weighted by atomic mass is 35.5. The summed E-state index contributed by atoms with van der Waals surface area (Å²) in [5.74, 6) is 0.748. The van der Waals surface area contributed by atoms with Crippen LogP contribution in [0, 0.1) is 5.92 Å². The van der Waals surface area contributed by atoms with Gasteiger partial charge < -0.3 is 10.1 Å². The van der Waals surface area contributed by atoms with Crippen LogP contribution in [0.1, 0.15) is 52.0 Å². The minimum absolute atomic E-state index is 0.0123. The number of nitrogens with one attached hydrogen (secondary N) is 1. The minimum atomic E-state index is -0.0123. The molecule has 1 aromatic rings. The van der Waals surface area contributed by atoms with Crippen LogP contribution in [0.25, 0.3) is 0 Å². The van der Waals surface area contributed by atoms with Gasteiger partial charge in [0.25, 0.3) is 0 Å². The van der Waals surface area contributed by atoms with E-state index in [1.54, 1.807) is 0 Å². The van der Waals surface area contributed by atoms with Crippen molar-refractivity contribution in [3.05, 3.63) is 34.9 Å². The van der Waals surface area contributed by atoms with Crippen LogP contribution < -0.4 is 5.32 Å². The van der Waals surface area contributed by atoms with Crippen molar-refractivity contribution in [1.82, 2.24) is 5.32 Å². The van der Waals surface area contributed by atoms with Crippen LogP contribution in [-0.4, -0.2) is 18.2 Å². The molecule has 1 fully saturated rings. The second-order valence-electron chi connectivity index (χ2n) is 6.84. The molecule has 118 valence electrons. The SMILES string of the molecule is CC1CCCC(CNC(C)C)(OCc2ccc(Cl)cc2)C1. The molecule has 1 aromatic carbocycles. The zero-order chi connectivity index (χ0) is 15.3. The third-order valence-corrected chi connectivity index (χ3v) is 4.59. The molecule has 1 aliphatic carbocycles. The molecule has 2 unspecified atom stereocenters. The molecule has 1 aliphatic rings. The maximum Gasteiger partial charge on any atom is 0.0813 e. The summed E-state index contributed by atoms with van der Waals surface area (Å²) in [5, 5.41) is 4.35. The van der Waals surface area contributed by atoms with Gasteiger partial charge in [0.2, 0.25) is 0 Å². The van der Waals surface area contributed by atoms with Crippen LogP contribution in [0.4, 0.5) is 0 Å². The highest BCUT2D eigenvalue weighted by Crippen LogP contribution is 2.35. The van der Waals surface area contributed by atoms with Gasteiger partial charge in [-0.3, -0.25) is 0 Å². The summed E-state index contributed by atoms with van der Waals surface area (Å²) < 4.78 is 6.41. The van der Waals surface area contributed by atoms with Crippen molar-refractivity contribution < 1.29 is 4.74 Å². The van der Waals surface area contributed by atoms with Gasteiger partial charge in [-0.15, -0.1) is 0 Å². The van der Waals surface area contributed by atoms with E-state index < -0.39 is 0 Å². The Morgan fingerprint density at radius 3 is 2.67 bits per heavy atom. The second kappa shape index (κ2) is 7.62. The normalized spacial score (nSPS) is 26.2. The third-order valence-electron chi connectivity index (χ3n) is 4.34. The average molecular weight is 310 g/mol. The first-order valence-electron chi connectivity index (χ1n) is 8.11. The van der Waals surface area contributed by atoms with E-state index in [-0.39, 0.29) is 5.60 Å². The summed E-state index contributed by atoms with van der Waals surface area (Å²) in [4.78, 5) is 0. The van der Waals surface area contributed by atoms with Gasteiger partial charge >= 0.3 is 0 Å². The van der Waals surface area contributed by atoms with Crippen molar-refractivity contribution in [2.75, 3.05) is 6.54 Å². The van der Waals surface area contributed by atoms with Crippen LogP contribution in [-0.2, 0) is 11.3 Å². The summed E-state index contributed by atoms with van der Waals surface area (Å²) in [7, 11) is 0. The Morgan fingerprint density at radius 2 is 2.05 bits per heavy atom. The molecule has 0 heterocycles. The molecule has 0 saturated heterocycles. The summed E-state index contributed by atoms with van der Waals surface area (Å²) in [5.41, 5.74) is 1.18. The highest BCUT2D eigenvalue weighted by Gasteiger charge is 2.35. The van der Waals surface area contributed by atoms with Gasteiger partial charge in [0.15, 0.2) is 0 Å². The molecule has 0 bridgehead atoms. The summed E-state index contributed by atoms with van der Waals surface area (Å²) in [6.45, 7) is 8.35. The number of rotatable bonds is 6. The van der Waals surface area contributed by atoms with E-state index in [9.17, 15) is 0 Å². The molecule has 21 heavy (non-hydrogen) atoms. The Kier molecular flexibility index (Phi) is 6.09. The molecule has 2 nitrogen and oxygen atoms in total. The predicted molar refractivity (Wildman–Crippen MR) is 89.7 cm³/mol. The van der Waals surface area contributed by atoms with Gasteiger partial charge in [0.05, 0.1) is 12.2 Å². The zero-order valence-electron chi connectivity index (χ0n) is 13.5. The summed E-state index contributed by atoms with van der Waals surface area (Å²) >= 11 is 5.94. The number of halogens is 1. The van der Waals surface area contributed by atoms with Crippen molar-refractivity contribution >= 4 is 11.6 Å². The van der Waals surface area contributed by atoms with Gasteiger partial charge in [0.1, 0.15) is 0 Å². The van der Waals surface area contributed by atoms with E-state index >= 15 is 0 Å². The zero-order valence-corrected chi connectivity index (χ0v) is 14.2. The van der Waals surface area contributed by atoms with Gasteiger partial charge in [-0.05, 0) is 36.5 Å². The van der Waals surface area contributed by atoms with E-state index in [4.69, 9.17) is 16.3 Å². The third kappa shape index (κ3) is 5.28. The fourth-order valence-corrected chi connectivity index (χ4v) is 3.29. The molecule has 2 rings (SSSR count). The Balaban J connectivity index is 1.99. The monoisotopic (exact) mass is 309 g/mol. The molecule has 1 saturated carbocycles. The van der Waals surface area contributed by atoms with Crippen LogP contribution in [0.5, 0.6) is 0 Å². The smallest absolute Gasteiger partial charge is 0.0813 e. The van der Waals surface area contributed by atoms with Gasteiger partial charge in [-0.25, -0.2) is 0 Å². The Hall–Kier alpha value is -0.570. The lowest BCUT2D eigenvalue weighted by atomic mass is 9.78. The molecule has 3 heteroatoms. The molecule has 0 radical (unpaired) electrons. The first-order chi connectivity index (χ1) is 9.99. The first kappa shape index (κ1) is 16.8. The maximum atomic E-state index is 6.41. The fourth-order valence-electron chi connectivity index (χ4n) is 3.16. The van der Waals surface area contributed by atoms with E-state index in [0.29, 0.717) is 12.6 Å². The van der Waals surface area contributed by atoms with Crippen LogP contribution in [0.15, 0.2) is 24.3 Å². The van der Waals surface area contributed by atoms with E-state index in [2.05, 4.69) is 38.2 Å². The van der Waals surface area contributed by atoms with E-state index in [1.165, 1.54) is 18.4 Å². The van der Waals surface area contributed by atoms with Crippen molar-refractivity contribution in [2.24, 2.45) is 5.92 Å². The maximum absolute atomic E-state index is 6.41. The van der Waals surface area contributed by atoms with E-state index in [0.717, 1.165) is 30.3 Å². The summed E-state index contributed by atoms with van der Waals surface area (Å²) in [6, 6.07) is 8.47. The molecule has 0 aromatic heterocycles. The van der Waals surface area contributed by atoms with Crippen LogP contribution in [0.3, 0.4) is 0 Å². The lowest BCUT2D eigenvalue weighted by Crippen LogP contribution is -2.47. The molecule has 0 amide bonds. The topological polar surface area (TPSA) is 21.3 Å². The Labute approximate surface area is 134 Å². The molecule has 0 spiro atoms. The predicted octanol–water partition coefficient (Wildman–Crippen LogP) is 4.80. The van der Waals surface area contributed by atoms with E-state index in [1.807, 2.05) is 12.1 Å². The first-order valence-corrected chi connectivity index (χ1v) is 8.49. The molecule has 0 aliphatic heterocycles. The molecule has 2 atom stereocenters. The molecule has 1 N–H and O–H groups in total. The van der Waals surface area contributed by atoms with Crippen LogP contribution >= 0.6 is 11.6 Å². The Morgan fingerprint density at radius 1 is 1.33 bits per heavy atom. The van der Waals surface area contributed by atoms with Gasteiger partial charge in [-0.2, -0.15) is 0 Å². The number of hydrogen-bond donors (Lipinski definition) is 1. The lowest BCUT2D eigenvalue weighted by molar-refractivity contribution is -0.0898. The molecular formula is C18H28ClNO. The van der Waals surface area contributed by atoms with Crippen molar-refractivity contribution in [3.8, 4) is 0 Å². The summed E-state index contributed by atoms with van der Waals surface area (Å²) in [6.07, 6.45) is 4.90. The van der Waals surface area contributed by atoms with Crippen LogP contribution in [0.2, 0.25) is 5.02 Å².